The maximum absolute atomic E-state index is 12.1. The number of para-hydroxylation sites is 1. The van der Waals surface area contributed by atoms with Crippen LogP contribution in [0, 0.1) is 0 Å². The largest absolute Gasteiger partial charge is 0.301 e. The van der Waals surface area contributed by atoms with Gasteiger partial charge in [-0.05, 0) is 30.0 Å². The van der Waals surface area contributed by atoms with Gasteiger partial charge in [-0.3, -0.25) is 9.20 Å². The molecule has 9 heteroatoms. The summed E-state index contributed by atoms with van der Waals surface area (Å²) in [6.07, 6.45) is 1.18. The van der Waals surface area contributed by atoms with E-state index in [1.807, 2.05) is 41.7 Å². The zero-order valence-electron chi connectivity index (χ0n) is 14.0. The van der Waals surface area contributed by atoms with E-state index in [0.717, 1.165) is 33.1 Å². The number of hydrogen-bond donors (Lipinski definition) is 1. The number of aromatic nitrogens is 5. The molecule has 0 fully saturated rings. The number of aryl methyl sites for hydroxylation is 1. The van der Waals surface area contributed by atoms with Gasteiger partial charge in [0.25, 0.3) is 0 Å². The zero-order chi connectivity index (χ0) is 17.9. The topological polar surface area (TPSA) is 85.1 Å². The number of nitrogens with zero attached hydrogens (tertiary/aromatic N) is 5. The minimum absolute atomic E-state index is 0.0741. The van der Waals surface area contributed by atoms with Crippen LogP contribution in [0.1, 0.15) is 18.4 Å². The third kappa shape index (κ3) is 3.40. The van der Waals surface area contributed by atoms with E-state index in [4.69, 9.17) is 0 Å². The Morgan fingerprint density at radius 2 is 2.04 bits per heavy atom. The number of amides is 1. The van der Waals surface area contributed by atoms with Crippen molar-refractivity contribution in [3.63, 3.8) is 0 Å². The fourth-order valence-electron chi connectivity index (χ4n) is 2.57. The molecule has 0 atom stereocenters. The lowest BCUT2D eigenvalue weighted by Gasteiger charge is -2.04. The average Bonchev–Trinajstić information content (AvgIpc) is 3.28. The highest BCUT2D eigenvalue weighted by Crippen LogP contribution is 2.23. The van der Waals surface area contributed by atoms with Gasteiger partial charge >= 0.3 is 0 Å². The van der Waals surface area contributed by atoms with Crippen LogP contribution in [-0.2, 0) is 11.2 Å². The van der Waals surface area contributed by atoms with E-state index in [1.165, 1.54) is 23.1 Å². The standard InChI is InChI=1S/C17H16N6OS2/c1-2-15-20-21-16(26-15)18-14(24)9-10-25-17-22-19-13-8-7-11-5-3-4-6-12(11)23(13)17/h3-8H,2,9-10H2,1H3,(H,18,21,24). The van der Waals surface area contributed by atoms with Crippen molar-refractivity contribution in [1.82, 2.24) is 24.8 Å². The molecule has 0 radical (unpaired) electrons. The Balaban J connectivity index is 1.43. The van der Waals surface area contributed by atoms with Gasteiger partial charge in [0.05, 0.1) is 5.52 Å². The molecule has 0 aliphatic carbocycles. The molecule has 0 spiro atoms. The van der Waals surface area contributed by atoms with Crippen LogP contribution >= 0.6 is 23.1 Å². The number of fused-ring (bicyclic) bond motifs is 3. The quantitative estimate of drug-likeness (QED) is 0.513. The summed E-state index contributed by atoms with van der Waals surface area (Å²) in [6.45, 7) is 2.01. The molecule has 132 valence electrons. The monoisotopic (exact) mass is 384 g/mol. The van der Waals surface area contributed by atoms with Gasteiger partial charge in [0.15, 0.2) is 10.8 Å². The maximum atomic E-state index is 12.1. The lowest BCUT2D eigenvalue weighted by Crippen LogP contribution is -2.12. The highest BCUT2D eigenvalue weighted by atomic mass is 32.2. The Hall–Kier alpha value is -2.52. The second-order valence-corrected chi connectivity index (χ2v) is 7.69. The molecular formula is C17H16N6OS2. The van der Waals surface area contributed by atoms with Gasteiger partial charge in [0.2, 0.25) is 11.0 Å². The summed E-state index contributed by atoms with van der Waals surface area (Å²) < 4.78 is 2.02. The SMILES string of the molecule is CCc1nnc(NC(=O)CCSc2nnc3ccc4ccccc4n23)s1. The second kappa shape index (κ2) is 7.38. The van der Waals surface area contributed by atoms with Crippen LogP contribution in [-0.4, -0.2) is 36.5 Å². The van der Waals surface area contributed by atoms with Crippen molar-refractivity contribution in [1.29, 1.82) is 0 Å². The molecule has 1 N–H and O–H groups in total. The minimum Gasteiger partial charge on any atom is -0.301 e. The van der Waals surface area contributed by atoms with Crippen molar-refractivity contribution in [2.45, 2.75) is 24.9 Å². The molecule has 0 unspecified atom stereocenters. The summed E-state index contributed by atoms with van der Waals surface area (Å²) in [4.78, 5) is 12.1. The molecule has 26 heavy (non-hydrogen) atoms. The fraction of sp³-hybridized carbons (Fsp3) is 0.235. The first-order chi connectivity index (χ1) is 12.7. The predicted molar refractivity (Wildman–Crippen MR) is 104 cm³/mol. The van der Waals surface area contributed by atoms with Crippen molar-refractivity contribution < 1.29 is 4.79 Å². The lowest BCUT2D eigenvalue weighted by molar-refractivity contribution is -0.115. The number of nitrogens with one attached hydrogen (secondary N) is 1. The smallest absolute Gasteiger partial charge is 0.227 e. The summed E-state index contributed by atoms with van der Waals surface area (Å²) in [7, 11) is 0. The van der Waals surface area contributed by atoms with E-state index in [2.05, 4.69) is 31.8 Å². The number of benzene rings is 1. The number of carbonyl (C=O) groups is 1. The van der Waals surface area contributed by atoms with Crippen LogP contribution in [0.25, 0.3) is 16.6 Å². The normalized spacial score (nSPS) is 11.3. The van der Waals surface area contributed by atoms with Gasteiger partial charge < -0.3 is 5.32 Å². The minimum atomic E-state index is -0.0741. The number of hydrogen-bond acceptors (Lipinski definition) is 7. The van der Waals surface area contributed by atoms with Crippen molar-refractivity contribution in [3.8, 4) is 0 Å². The average molecular weight is 384 g/mol. The van der Waals surface area contributed by atoms with Crippen LogP contribution in [0.4, 0.5) is 5.13 Å². The summed E-state index contributed by atoms with van der Waals surface area (Å²) in [5, 5.41) is 22.6. The third-order valence-electron chi connectivity index (χ3n) is 3.82. The van der Waals surface area contributed by atoms with E-state index < -0.39 is 0 Å². The number of rotatable bonds is 6. The van der Waals surface area contributed by atoms with Crippen molar-refractivity contribution >= 4 is 50.7 Å². The van der Waals surface area contributed by atoms with Crippen molar-refractivity contribution in [2.24, 2.45) is 0 Å². The fourth-order valence-corrected chi connectivity index (χ4v) is 4.15. The Bertz CT molecular complexity index is 1070. The number of pyridine rings is 1. The first kappa shape index (κ1) is 16.9. The summed E-state index contributed by atoms with van der Waals surface area (Å²) in [5.41, 5.74) is 1.86. The van der Waals surface area contributed by atoms with Crippen molar-refractivity contribution in [2.75, 3.05) is 11.1 Å². The van der Waals surface area contributed by atoms with E-state index >= 15 is 0 Å². The second-order valence-electron chi connectivity index (χ2n) is 5.57. The molecule has 1 aromatic carbocycles. The molecule has 0 saturated carbocycles. The third-order valence-corrected chi connectivity index (χ3v) is 5.74. The molecule has 4 rings (SSSR count). The van der Waals surface area contributed by atoms with E-state index in [1.54, 1.807) is 0 Å². The maximum Gasteiger partial charge on any atom is 0.227 e. The molecule has 7 nitrogen and oxygen atoms in total. The van der Waals surface area contributed by atoms with E-state index in [0.29, 0.717) is 17.3 Å². The summed E-state index contributed by atoms with van der Waals surface area (Å²) >= 11 is 2.92. The van der Waals surface area contributed by atoms with Gasteiger partial charge in [0, 0.05) is 12.2 Å². The van der Waals surface area contributed by atoms with Gasteiger partial charge in [-0.2, -0.15) is 0 Å². The molecule has 3 heterocycles. The molecule has 0 saturated heterocycles. The number of anilines is 1. The first-order valence-electron chi connectivity index (χ1n) is 8.22. The summed E-state index contributed by atoms with van der Waals surface area (Å²) in [6, 6.07) is 12.1. The van der Waals surface area contributed by atoms with E-state index in [9.17, 15) is 4.79 Å². The number of carbonyl (C=O) groups excluding carboxylic acids is 1. The molecule has 1 amide bonds. The highest BCUT2D eigenvalue weighted by Gasteiger charge is 2.11. The van der Waals surface area contributed by atoms with Gasteiger partial charge in [0.1, 0.15) is 5.01 Å². The Kier molecular flexibility index (Phi) is 4.81. The van der Waals surface area contributed by atoms with E-state index in [-0.39, 0.29) is 5.91 Å². The van der Waals surface area contributed by atoms with Crippen molar-refractivity contribution in [3.05, 3.63) is 41.4 Å². The van der Waals surface area contributed by atoms with Crippen LogP contribution in [0.3, 0.4) is 0 Å². The highest BCUT2D eigenvalue weighted by molar-refractivity contribution is 7.99. The van der Waals surface area contributed by atoms with Crippen LogP contribution < -0.4 is 5.32 Å². The van der Waals surface area contributed by atoms with Gasteiger partial charge in [-0.15, -0.1) is 20.4 Å². The van der Waals surface area contributed by atoms with Crippen LogP contribution in [0.2, 0.25) is 0 Å². The molecule has 0 aliphatic rings. The Morgan fingerprint density at radius 3 is 2.88 bits per heavy atom. The molecule has 0 aliphatic heterocycles. The molecule has 4 aromatic rings. The Morgan fingerprint density at radius 1 is 1.15 bits per heavy atom. The van der Waals surface area contributed by atoms with Gasteiger partial charge in [-0.25, -0.2) is 0 Å². The van der Waals surface area contributed by atoms with Gasteiger partial charge in [-0.1, -0.05) is 48.2 Å². The molecule has 0 bridgehead atoms. The first-order valence-corrected chi connectivity index (χ1v) is 10.0. The molecule has 3 aromatic heterocycles. The number of thioether (sulfide) groups is 1. The van der Waals surface area contributed by atoms with Crippen LogP contribution in [0.15, 0.2) is 41.6 Å². The summed E-state index contributed by atoms with van der Waals surface area (Å²) in [5.74, 6) is 0.532. The predicted octanol–water partition coefficient (Wildman–Crippen LogP) is 3.42. The zero-order valence-corrected chi connectivity index (χ0v) is 15.7. The van der Waals surface area contributed by atoms with Crippen LogP contribution in [0.5, 0.6) is 0 Å². The molecular weight excluding hydrogens is 368 g/mol. The Labute approximate surface area is 157 Å². The lowest BCUT2D eigenvalue weighted by atomic mass is 10.2.